The maximum atomic E-state index is 5.47. The molecular weight excluding hydrogens is 236 g/mol. The van der Waals surface area contributed by atoms with Crippen LogP contribution < -0.4 is 4.74 Å². The van der Waals surface area contributed by atoms with E-state index < -0.39 is 0 Å². The molecule has 88 valence electrons. The molecular formula is C13H18OS2. The Kier molecular flexibility index (Phi) is 4.09. The van der Waals surface area contributed by atoms with Crippen LogP contribution in [0.2, 0.25) is 0 Å². The Labute approximate surface area is 106 Å². The zero-order valence-corrected chi connectivity index (χ0v) is 11.7. The lowest BCUT2D eigenvalue weighted by Gasteiger charge is -2.16. The molecule has 0 bridgehead atoms. The van der Waals surface area contributed by atoms with E-state index in [9.17, 15) is 0 Å². The highest BCUT2D eigenvalue weighted by atomic mass is 32.2. The maximum absolute atomic E-state index is 5.47. The summed E-state index contributed by atoms with van der Waals surface area (Å²) in [6.07, 6.45) is 0. The monoisotopic (exact) mass is 254 g/mol. The van der Waals surface area contributed by atoms with E-state index in [2.05, 4.69) is 32.0 Å². The summed E-state index contributed by atoms with van der Waals surface area (Å²) in [5, 5.41) is 0. The van der Waals surface area contributed by atoms with Crippen LogP contribution in [-0.2, 0) is 0 Å². The van der Waals surface area contributed by atoms with E-state index in [4.69, 9.17) is 4.74 Å². The minimum absolute atomic E-state index is 0.564. The molecule has 1 nitrogen and oxygen atoms in total. The molecule has 0 atom stereocenters. The Bertz CT molecular complexity index is 357. The predicted molar refractivity (Wildman–Crippen MR) is 74.7 cm³/mol. The van der Waals surface area contributed by atoms with Crippen molar-refractivity contribution in [1.29, 1.82) is 0 Å². The highest BCUT2D eigenvalue weighted by molar-refractivity contribution is 8.19. The molecule has 0 aliphatic carbocycles. The first-order valence-electron chi connectivity index (χ1n) is 5.63. The molecule has 1 heterocycles. The fraction of sp³-hybridized carbons (Fsp3) is 0.538. The quantitative estimate of drug-likeness (QED) is 0.796. The fourth-order valence-electron chi connectivity index (χ4n) is 1.83. The van der Waals surface area contributed by atoms with E-state index >= 15 is 0 Å². The average molecular weight is 254 g/mol. The van der Waals surface area contributed by atoms with E-state index in [1.54, 1.807) is 7.11 Å². The van der Waals surface area contributed by atoms with Crippen molar-refractivity contribution in [3.8, 4) is 5.75 Å². The molecule has 0 unspecified atom stereocenters. The van der Waals surface area contributed by atoms with Gasteiger partial charge >= 0.3 is 0 Å². The molecule has 0 N–H and O–H groups in total. The molecule has 1 aliphatic heterocycles. The SMILES string of the molecule is COc1ccc(C(C)C)cc1C1SCCS1. The normalized spacial score (nSPS) is 17.0. The van der Waals surface area contributed by atoms with Crippen LogP contribution in [0.4, 0.5) is 0 Å². The maximum Gasteiger partial charge on any atom is 0.124 e. The van der Waals surface area contributed by atoms with Crippen molar-refractivity contribution < 1.29 is 4.74 Å². The van der Waals surface area contributed by atoms with Crippen molar-refractivity contribution in [2.75, 3.05) is 18.6 Å². The molecule has 0 aromatic heterocycles. The second-order valence-electron chi connectivity index (χ2n) is 4.23. The lowest BCUT2D eigenvalue weighted by atomic mass is 10.0. The number of rotatable bonds is 3. The van der Waals surface area contributed by atoms with Crippen LogP contribution in [0.5, 0.6) is 5.75 Å². The Balaban J connectivity index is 2.34. The lowest BCUT2D eigenvalue weighted by molar-refractivity contribution is 0.411. The molecule has 1 aliphatic rings. The van der Waals surface area contributed by atoms with Crippen LogP contribution in [0.3, 0.4) is 0 Å². The van der Waals surface area contributed by atoms with E-state index in [1.165, 1.54) is 22.6 Å². The summed E-state index contributed by atoms with van der Waals surface area (Å²) < 4.78 is 6.03. The number of hydrogen-bond donors (Lipinski definition) is 0. The summed E-state index contributed by atoms with van der Waals surface area (Å²) in [5.41, 5.74) is 2.77. The predicted octanol–water partition coefficient (Wildman–Crippen LogP) is 4.30. The summed E-state index contributed by atoms with van der Waals surface area (Å²) in [4.78, 5) is 0. The summed E-state index contributed by atoms with van der Waals surface area (Å²) in [6, 6.07) is 6.61. The van der Waals surface area contributed by atoms with Crippen molar-refractivity contribution in [3.63, 3.8) is 0 Å². The molecule has 1 saturated heterocycles. The second kappa shape index (κ2) is 5.37. The van der Waals surface area contributed by atoms with Gasteiger partial charge in [0.15, 0.2) is 0 Å². The molecule has 0 spiro atoms. The van der Waals surface area contributed by atoms with Gasteiger partial charge in [0.2, 0.25) is 0 Å². The number of benzene rings is 1. The van der Waals surface area contributed by atoms with Crippen LogP contribution in [0.25, 0.3) is 0 Å². The number of thioether (sulfide) groups is 2. The van der Waals surface area contributed by atoms with Crippen molar-refractivity contribution in [2.45, 2.75) is 24.3 Å². The standard InChI is InChI=1S/C13H18OS2/c1-9(2)10-4-5-12(14-3)11(8-10)13-15-6-7-16-13/h4-5,8-9,13H,6-7H2,1-3H3. The Morgan fingerprint density at radius 2 is 1.94 bits per heavy atom. The number of ether oxygens (including phenoxy) is 1. The zero-order chi connectivity index (χ0) is 11.5. The summed E-state index contributed by atoms with van der Waals surface area (Å²) in [7, 11) is 1.76. The molecule has 1 fully saturated rings. The van der Waals surface area contributed by atoms with Gasteiger partial charge in [-0.1, -0.05) is 19.9 Å². The van der Waals surface area contributed by atoms with Crippen molar-refractivity contribution in [1.82, 2.24) is 0 Å². The van der Waals surface area contributed by atoms with Gasteiger partial charge in [0.25, 0.3) is 0 Å². The Hall–Kier alpha value is -0.280. The van der Waals surface area contributed by atoms with Crippen molar-refractivity contribution >= 4 is 23.5 Å². The van der Waals surface area contributed by atoms with Gasteiger partial charge in [0, 0.05) is 17.1 Å². The minimum atomic E-state index is 0.564. The van der Waals surface area contributed by atoms with E-state index in [-0.39, 0.29) is 0 Å². The highest BCUT2D eigenvalue weighted by Gasteiger charge is 2.22. The van der Waals surface area contributed by atoms with Gasteiger partial charge < -0.3 is 4.74 Å². The largest absolute Gasteiger partial charge is 0.496 e. The molecule has 3 heteroatoms. The van der Waals surface area contributed by atoms with Crippen LogP contribution >= 0.6 is 23.5 Å². The van der Waals surface area contributed by atoms with E-state index in [1.807, 2.05) is 23.5 Å². The van der Waals surface area contributed by atoms with Gasteiger partial charge in [-0.15, -0.1) is 23.5 Å². The van der Waals surface area contributed by atoms with Crippen LogP contribution in [0, 0.1) is 0 Å². The van der Waals surface area contributed by atoms with Gasteiger partial charge in [-0.3, -0.25) is 0 Å². The minimum Gasteiger partial charge on any atom is -0.496 e. The summed E-state index contributed by atoms with van der Waals surface area (Å²) in [6.45, 7) is 4.47. The zero-order valence-electron chi connectivity index (χ0n) is 10.0. The van der Waals surface area contributed by atoms with Gasteiger partial charge in [-0.25, -0.2) is 0 Å². The third kappa shape index (κ3) is 2.51. The number of methoxy groups -OCH3 is 1. The molecule has 0 amide bonds. The van der Waals surface area contributed by atoms with E-state index in [0.29, 0.717) is 10.5 Å². The third-order valence-corrected chi connectivity index (χ3v) is 5.86. The van der Waals surface area contributed by atoms with Crippen LogP contribution in [0.15, 0.2) is 18.2 Å². The van der Waals surface area contributed by atoms with Crippen LogP contribution in [0.1, 0.15) is 35.5 Å². The topological polar surface area (TPSA) is 9.23 Å². The second-order valence-corrected chi connectivity index (χ2v) is 6.95. The van der Waals surface area contributed by atoms with Crippen LogP contribution in [-0.4, -0.2) is 18.6 Å². The lowest BCUT2D eigenvalue weighted by Crippen LogP contribution is -1.96. The van der Waals surface area contributed by atoms with E-state index in [0.717, 1.165) is 5.75 Å². The molecule has 1 aromatic rings. The molecule has 1 aromatic carbocycles. The summed E-state index contributed by atoms with van der Waals surface area (Å²) >= 11 is 4.06. The van der Waals surface area contributed by atoms with Gasteiger partial charge in [0.1, 0.15) is 5.75 Å². The third-order valence-electron chi connectivity index (χ3n) is 2.80. The Morgan fingerprint density at radius 3 is 2.50 bits per heavy atom. The molecule has 0 saturated carbocycles. The summed E-state index contributed by atoms with van der Waals surface area (Å²) in [5.74, 6) is 4.13. The molecule has 16 heavy (non-hydrogen) atoms. The smallest absolute Gasteiger partial charge is 0.124 e. The van der Waals surface area contributed by atoms with Gasteiger partial charge in [0.05, 0.1) is 11.7 Å². The fourth-order valence-corrected chi connectivity index (χ4v) is 4.72. The number of hydrogen-bond acceptors (Lipinski definition) is 3. The first kappa shape index (κ1) is 12.2. The van der Waals surface area contributed by atoms with Crippen molar-refractivity contribution in [2.24, 2.45) is 0 Å². The Morgan fingerprint density at radius 1 is 1.25 bits per heavy atom. The highest BCUT2D eigenvalue weighted by Crippen LogP contribution is 2.48. The van der Waals surface area contributed by atoms with Crippen molar-refractivity contribution in [3.05, 3.63) is 29.3 Å². The average Bonchev–Trinajstić information content (AvgIpc) is 2.81. The molecule has 0 radical (unpaired) electrons. The first-order chi connectivity index (χ1) is 7.72. The molecule has 2 rings (SSSR count). The van der Waals surface area contributed by atoms with Gasteiger partial charge in [-0.2, -0.15) is 0 Å². The van der Waals surface area contributed by atoms with Gasteiger partial charge in [-0.05, 0) is 23.6 Å². The first-order valence-corrected chi connectivity index (χ1v) is 7.73.